The van der Waals surface area contributed by atoms with Crippen LogP contribution in [0.15, 0.2) is 24.3 Å². The summed E-state index contributed by atoms with van der Waals surface area (Å²) >= 11 is 0. The van der Waals surface area contributed by atoms with Gasteiger partial charge < -0.3 is 19.9 Å². The predicted octanol–water partition coefficient (Wildman–Crippen LogP) is 3.55. The lowest BCUT2D eigenvalue weighted by molar-refractivity contribution is -0.0498. The van der Waals surface area contributed by atoms with Crippen molar-refractivity contribution in [2.75, 3.05) is 27.2 Å². The van der Waals surface area contributed by atoms with E-state index in [0.29, 0.717) is 19.1 Å². The van der Waals surface area contributed by atoms with Crippen LogP contribution >= 0.6 is 0 Å². The largest absolute Gasteiger partial charge is 0.435 e. The molecular weight excluding hydrogens is 328 g/mol. The van der Waals surface area contributed by atoms with Crippen molar-refractivity contribution in [1.29, 1.82) is 0 Å². The van der Waals surface area contributed by atoms with E-state index in [0.717, 1.165) is 24.9 Å². The number of hydrogen-bond donors (Lipinski definition) is 1. The first-order chi connectivity index (χ1) is 11.8. The third kappa shape index (κ3) is 8.67. The molecule has 1 N–H and O–H groups in total. The summed E-state index contributed by atoms with van der Waals surface area (Å²) in [6.45, 7) is 3.52. The molecule has 0 aromatic heterocycles. The maximum atomic E-state index is 12.1. The average molecular weight is 357 g/mol. The van der Waals surface area contributed by atoms with Crippen LogP contribution in [0.25, 0.3) is 0 Å². The summed E-state index contributed by atoms with van der Waals surface area (Å²) in [7, 11) is 3.79. The molecule has 0 atom stereocenters. The van der Waals surface area contributed by atoms with E-state index in [9.17, 15) is 13.6 Å². The first-order valence-electron chi connectivity index (χ1n) is 8.52. The Morgan fingerprint density at radius 3 is 2.36 bits per heavy atom. The minimum Gasteiger partial charge on any atom is -0.435 e. The highest BCUT2D eigenvalue weighted by atomic mass is 19.3. The van der Waals surface area contributed by atoms with Crippen LogP contribution < -0.4 is 10.1 Å². The molecular formula is C18H29F2N3O2. The second-order valence-electron chi connectivity index (χ2n) is 6.39. The van der Waals surface area contributed by atoms with Gasteiger partial charge in [0, 0.05) is 26.2 Å². The van der Waals surface area contributed by atoms with E-state index in [1.165, 1.54) is 12.1 Å². The molecule has 0 aliphatic rings. The molecule has 0 bridgehead atoms. The Hall–Kier alpha value is -1.89. The van der Waals surface area contributed by atoms with Gasteiger partial charge in [-0.1, -0.05) is 12.1 Å². The van der Waals surface area contributed by atoms with Gasteiger partial charge >= 0.3 is 12.6 Å². The number of rotatable bonds is 10. The zero-order chi connectivity index (χ0) is 18.8. The molecule has 142 valence electrons. The van der Waals surface area contributed by atoms with Gasteiger partial charge in [-0.05, 0) is 58.0 Å². The molecule has 0 fully saturated rings. The lowest BCUT2D eigenvalue weighted by Crippen LogP contribution is -2.37. The molecule has 0 radical (unpaired) electrons. The lowest BCUT2D eigenvalue weighted by Gasteiger charge is -2.21. The van der Waals surface area contributed by atoms with Crippen molar-refractivity contribution in [2.45, 2.75) is 45.9 Å². The maximum absolute atomic E-state index is 12.1. The quantitative estimate of drug-likeness (QED) is 0.652. The Morgan fingerprint density at radius 1 is 1.16 bits per heavy atom. The van der Waals surface area contributed by atoms with Crippen molar-refractivity contribution < 1.29 is 18.3 Å². The summed E-state index contributed by atoms with van der Waals surface area (Å²) in [5, 5.41) is 2.89. The molecule has 0 unspecified atom stereocenters. The number of benzene rings is 1. The third-order valence-electron chi connectivity index (χ3n) is 4.01. The number of unbranched alkanes of at least 4 members (excludes halogenated alkanes) is 1. The highest BCUT2D eigenvalue weighted by molar-refractivity contribution is 5.73. The van der Waals surface area contributed by atoms with Gasteiger partial charge in [0.15, 0.2) is 0 Å². The number of amides is 2. The molecule has 1 aromatic carbocycles. The minimum atomic E-state index is -2.83. The first-order valence-corrected chi connectivity index (χ1v) is 8.52. The minimum absolute atomic E-state index is 0.109. The fraction of sp³-hybridized carbons (Fsp3) is 0.611. The molecule has 5 nitrogen and oxygen atoms in total. The molecule has 0 aliphatic carbocycles. The number of nitrogens with one attached hydrogen (secondary N) is 1. The lowest BCUT2D eigenvalue weighted by atomic mass is 10.2. The Balaban J connectivity index is 2.27. The number of alkyl halides is 2. The smallest absolute Gasteiger partial charge is 0.387 e. The Labute approximate surface area is 148 Å². The number of urea groups is 1. The summed E-state index contributed by atoms with van der Waals surface area (Å²) in [6, 6.07) is 6.66. The number of halogens is 2. The van der Waals surface area contributed by atoms with E-state index in [4.69, 9.17) is 0 Å². The second-order valence-corrected chi connectivity index (χ2v) is 6.39. The Bertz CT molecular complexity index is 510. The van der Waals surface area contributed by atoms with Crippen molar-refractivity contribution in [1.82, 2.24) is 15.1 Å². The second kappa shape index (κ2) is 10.9. The van der Waals surface area contributed by atoms with Gasteiger partial charge in [-0.3, -0.25) is 0 Å². The van der Waals surface area contributed by atoms with Crippen molar-refractivity contribution in [3.05, 3.63) is 29.8 Å². The number of ether oxygens (including phenoxy) is 1. The van der Waals surface area contributed by atoms with Gasteiger partial charge in [-0.2, -0.15) is 8.78 Å². The van der Waals surface area contributed by atoms with Gasteiger partial charge in [0.05, 0.1) is 0 Å². The van der Waals surface area contributed by atoms with Crippen LogP contribution in [0.5, 0.6) is 5.75 Å². The molecule has 0 aliphatic heterocycles. The Kier molecular flexibility index (Phi) is 9.20. The van der Waals surface area contributed by atoms with Gasteiger partial charge in [0.1, 0.15) is 5.75 Å². The standard InChI is InChI=1S/C18H29F2N3O2/c1-14(2)22(3)12-6-5-11-21-18(24)23(4)13-15-7-9-16(10-8-15)25-17(19)20/h7-10,14,17H,5-6,11-13H2,1-4H3,(H,21,24). The van der Waals surface area contributed by atoms with Crippen LogP contribution in [0.3, 0.4) is 0 Å². The average Bonchev–Trinajstić information content (AvgIpc) is 2.55. The van der Waals surface area contributed by atoms with E-state index >= 15 is 0 Å². The van der Waals surface area contributed by atoms with Gasteiger partial charge in [0.25, 0.3) is 0 Å². The molecule has 1 rings (SSSR count). The monoisotopic (exact) mass is 357 g/mol. The SMILES string of the molecule is CC(C)N(C)CCCCNC(=O)N(C)Cc1ccc(OC(F)F)cc1. The first kappa shape index (κ1) is 21.2. The fourth-order valence-electron chi connectivity index (χ4n) is 2.20. The van der Waals surface area contributed by atoms with Crippen molar-refractivity contribution in [3.63, 3.8) is 0 Å². The summed E-state index contributed by atoms with van der Waals surface area (Å²) in [5.74, 6) is 0.109. The highest BCUT2D eigenvalue weighted by Crippen LogP contribution is 2.15. The summed E-state index contributed by atoms with van der Waals surface area (Å²) in [5.41, 5.74) is 0.845. The van der Waals surface area contributed by atoms with Gasteiger partial charge in [-0.25, -0.2) is 4.79 Å². The van der Waals surface area contributed by atoms with E-state index in [2.05, 4.69) is 35.8 Å². The van der Waals surface area contributed by atoms with E-state index in [1.54, 1.807) is 24.1 Å². The molecule has 2 amide bonds. The number of nitrogens with zero attached hydrogens (tertiary/aromatic N) is 2. The van der Waals surface area contributed by atoms with Gasteiger partial charge in [0.2, 0.25) is 0 Å². The van der Waals surface area contributed by atoms with E-state index in [-0.39, 0.29) is 11.8 Å². The molecule has 1 aromatic rings. The molecule has 0 saturated heterocycles. The highest BCUT2D eigenvalue weighted by Gasteiger charge is 2.09. The molecule has 0 saturated carbocycles. The van der Waals surface area contributed by atoms with Crippen LogP contribution in [0.2, 0.25) is 0 Å². The summed E-state index contributed by atoms with van der Waals surface area (Å²) in [6.07, 6.45) is 1.96. The van der Waals surface area contributed by atoms with Crippen LogP contribution in [-0.2, 0) is 6.54 Å². The van der Waals surface area contributed by atoms with Crippen LogP contribution in [0.1, 0.15) is 32.3 Å². The number of hydrogen-bond acceptors (Lipinski definition) is 3. The van der Waals surface area contributed by atoms with Gasteiger partial charge in [-0.15, -0.1) is 0 Å². The third-order valence-corrected chi connectivity index (χ3v) is 4.01. The Morgan fingerprint density at radius 2 is 1.80 bits per heavy atom. The zero-order valence-electron chi connectivity index (χ0n) is 15.5. The van der Waals surface area contributed by atoms with Crippen LogP contribution in [0.4, 0.5) is 13.6 Å². The summed E-state index contributed by atoms with van der Waals surface area (Å²) in [4.78, 5) is 15.9. The van der Waals surface area contributed by atoms with Crippen molar-refractivity contribution in [3.8, 4) is 5.75 Å². The predicted molar refractivity (Wildman–Crippen MR) is 94.9 cm³/mol. The van der Waals surface area contributed by atoms with Crippen LogP contribution in [0, 0.1) is 0 Å². The molecule has 0 heterocycles. The molecule has 25 heavy (non-hydrogen) atoms. The fourth-order valence-corrected chi connectivity index (χ4v) is 2.20. The maximum Gasteiger partial charge on any atom is 0.387 e. The number of carbonyl (C=O) groups excluding carboxylic acids is 1. The van der Waals surface area contributed by atoms with Crippen LogP contribution in [-0.4, -0.2) is 55.7 Å². The molecule has 7 heteroatoms. The van der Waals surface area contributed by atoms with E-state index in [1.807, 2.05) is 0 Å². The van der Waals surface area contributed by atoms with Crippen molar-refractivity contribution >= 4 is 6.03 Å². The number of carbonyl (C=O) groups is 1. The molecule has 0 spiro atoms. The summed E-state index contributed by atoms with van der Waals surface area (Å²) < 4.78 is 28.5. The normalized spacial score (nSPS) is 11.2. The topological polar surface area (TPSA) is 44.8 Å². The van der Waals surface area contributed by atoms with Crippen molar-refractivity contribution in [2.24, 2.45) is 0 Å². The van der Waals surface area contributed by atoms with E-state index < -0.39 is 6.61 Å². The zero-order valence-corrected chi connectivity index (χ0v) is 15.5.